The molecule has 1 aliphatic heterocycles. The number of para-hydroxylation sites is 1. The number of hydrogen-bond donors (Lipinski definition) is 1. The first kappa shape index (κ1) is 20.9. The van der Waals surface area contributed by atoms with Gasteiger partial charge in [-0.2, -0.15) is 0 Å². The molecule has 0 atom stereocenters. The van der Waals surface area contributed by atoms with Crippen LogP contribution in [-0.4, -0.2) is 31.2 Å². The van der Waals surface area contributed by atoms with Crippen LogP contribution in [0.1, 0.15) is 23.3 Å². The van der Waals surface area contributed by atoms with E-state index < -0.39 is 10.0 Å². The number of nitrogens with zero attached hydrogens (tertiary/aromatic N) is 1. The number of fused-ring (bicyclic) bond motifs is 1. The van der Waals surface area contributed by atoms with Crippen molar-refractivity contribution in [2.24, 2.45) is 5.92 Å². The molecule has 0 amide bonds. The van der Waals surface area contributed by atoms with Crippen molar-refractivity contribution in [3.8, 4) is 0 Å². The summed E-state index contributed by atoms with van der Waals surface area (Å²) >= 11 is 13.5. The second-order valence-electron chi connectivity index (χ2n) is 7.31. The van der Waals surface area contributed by atoms with Crippen molar-refractivity contribution in [1.82, 2.24) is 9.29 Å². The molecule has 3 heterocycles. The summed E-state index contributed by atoms with van der Waals surface area (Å²) in [4.78, 5) is 0.760. The molecule has 1 saturated heterocycles. The normalized spacial score (nSPS) is 16.2. The van der Waals surface area contributed by atoms with Crippen molar-refractivity contribution in [1.29, 1.82) is 0 Å². The highest BCUT2D eigenvalue weighted by molar-refractivity contribution is 7.90. The van der Waals surface area contributed by atoms with Crippen molar-refractivity contribution in [3.63, 3.8) is 0 Å². The predicted molar refractivity (Wildman–Crippen MR) is 124 cm³/mol. The highest BCUT2D eigenvalue weighted by Gasteiger charge is 2.21. The number of piperidine rings is 1. The average Bonchev–Trinajstić information content (AvgIpc) is 3.25. The zero-order valence-electron chi connectivity index (χ0n) is 15.8. The maximum absolute atomic E-state index is 13.1. The maximum atomic E-state index is 13.1. The molecule has 0 unspecified atom stereocenters. The van der Waals surface area contributed by atoms with Gasteiger partial charge in [-0.25, -0.2) is 12.4 Å². The van der Waals surface area contributed by atoms with Crippen LogP contribution in [-0.2, 0) is 16.4 Å². The Kier molecular flexibility index (Phi) is 6.37. The molecule has 2 aromatic heterocycles. The molecule has 0 saturated carbocycles. The molecule has 29 heavy (non-hydrogen) atoms. The summed E-state index contributed by atoms with van der Waals surface area (Å²) in [6.45, 7) is 2.06. The molecule has 4 rings (SSSR count). The maximum Gasteiger partial charge on any atom is 0.242 e. The molecule has 4 nitrogen and oxygen atoms in total. The summed E-state index contributed by atoms with van der Waals surface area (Å²) in [5.74, 6) is 0.480. The van der Waals surface area contributed by atoms with E-state index in [1.54, 1.807) is 17.5 Å². The zero-order valence-corrected chi connectivity index (χ0v) is 18.9. The van der Waals surface area contributed by atoms with Crippen LogP contribution in [0.2, 0.25) is 10.0 Å². The third-order valence-electron chi connectivity index (χ3n) is 5.32. The molecule has 154 valence electrons. The first-order valence-corrected chi connectivity index (χ1v) is 12.8. The Hall–Kier alpha value is -1.31. The first-order valence-electron chi connectivity index (χ1n) is 9.57. The van der Waals surface area contributed by atoms with Crippen molar-refractivity contribution in [3.05, 3.63) is 62.4 Å². The Balaban J connectivity index is 1.61. The van der Waals surface area contributed by atoms with Crippen LogP contribution in [0.4, 0.5) is 0 Å². The van der Waals surface area contributed by atoms with E-state index in [9.17, 15) is 8.42 Å². The lowest BCUT2D eigenvalue weighted by molar-refractivity contribution is 0.373. The van der Waals surface area contributed by atoms with Gasteiger partial charge in [0.05, 0.1) is 21.3 Å². The van der Waals surface area contributed by atoms with Gasteiger partial charge in [-0.3, -0.25) is 0 Å². The second kappa shape index (κ2) is 8.82. The average molecular weight is 469 g/mol. The Bertz CT molecular complexity index is 1140. The van der Waals surface area contributed by atoms with E-state index in [-0.39, 0.29) is 5.75 Å². The lowest BCUT2D eigenvalue weighted by atomic mass is 9.91. The minimum atomic E-state index is -3.54. The van der Waals surface area contributed by atoms with Crippen LogP contribution in [0.25, 0.3) is 17.0 Å². The van der Waals surface area contributed by atoms with Gasteiger partial charge in [-0.05, 0) is 56.0 Å². The topological polar surface area (TPSA) is 51.1 Å². The number of thiophene rings is 1. The third kappa shape index (κ3) is 4.57. The van der Waals surface area contributed by atoms with Gasteiger partial charge in [-0.15, -0.1) is 11.3 Å². The lowest BCUT2D eigenvalue weighted by Crippen LogP contribution is -2.28. The van der Waals surface area contributed by atoms with Crippen LogP contribution in [0.15, 0.2) is 41.9 Å². The van der Waals surface area contributed by atoms with Gasteiger partial charge < -0.3 is 5.32 Å². The van der Waals surface area contributed by atoms with Crippen molar-refractivity contribution in [2.75, 3.05) is 18.8 Å². The smallest absolute Gasteiger partial charge is 0.242 e. The Morgan fingerprint density at radius 3 is 2.69 bits per heavy atom. The number of rotatable bonds is 6. The van der Waals surface area contributed by atoms with Crippen molar-refractivity contribution < 1.29 is 8.42 Å². The van der Waals surface area contributed by atoms with Crippen LogP contribution >= 0.6 is 34.5 Å². The number of benzene rings is 1. The second-order valence-corrected chi connectivity index (χ2v) is 10.9. The van der Waals surface area contributed by atoms with Gasteiger partial charge in [0.15, 0.2) is 0 Å². The Labute approximate surface area is 185 Å². The van der Waals surface area contributed by atoms with E-state index in [2.05, 4.69) is 5.32 Å². The molecule has 0 radical (unpaired) electrons. The van der Waals surface area contributed by atoms with E-state index in [0.29, 0.717) is 16.0 Å². The number of halogens is 2. The largest absolute Gasteiger partial charge is 0.317 e. The molecule has 0 spiro atoms. The summed E-state index contributed by atoms with van der Waals surface area (Å²) < 4.78 is 27.6. The molecule has 0 bridgehead atoms. The summed E-state index contributed by atoms with van der Waals surface area (Å²) in [6.07, 6.45) is 8.32. The summed E-state index contributed by atoms with van der Waals surface area (Å²) in [7, 11) is -3.54. The van der Waals surface area contributed by atoms with E-state index in [0.717, 1.165) is 53.7 Å². The predicted octanol–water partition coefficient (Wildman–Crippen LogP) is 5.44. The first-order chi connectivity index (χ1) is 14.0. The highest BCUT2D eigenvalue weighted by atomic mass is 35.5. The van der Waals surface area contributed by atoms with Crippen LogP contribution in [0.5, 0.6) is 0 Å². The zero-order chi connectivity index (χ0) is 20.4. The van der Waals surface area contributed by atoms with Gasteiger partial charge in [0.2, 0.25) is 10.0 Å². The number of aromatic nitrogens is 1. The van der Waals surface area contributed by atoms with Crippen molar-refractivity contribution >= 4 is 61.5 Å². The molecule has 1 N–H and O–H groups in total. The van der Waals surface area contributed by atoms with Crippen LogP contribution in [0.3, 0.4) is 0 Å². The van der Waals surface area contributed by atoms with E-state index in [1.807, 2.05) is 30.5 Å². The fraction of sp³-hybridized carbons (Fsp3) is 0.333. The molecule has 1 aliphatic rings. The molecular formula is C21H22Cl2N2O2S2. The van der Waals surface area contributed by atoms with Gasteiger partial charge in [0, 0.05) is 21.8 Å². The van der Waals surface area contributed by atoms with Gasteiger partial charge in [0.25, 0.3) is 0 Å². The third-order valence-corrected chi connectivity index (χ3v) is 8.83. The van der Waals surface area contributed by atoms with E-state index in [1.165, 1.54) is 15.3 Å². The summed E-state index contributed by atoms with van der Waals surface area (Å²) in [6, 6.07) is 7.74. The summed E-state index contributed by atoms with van der Waals surface area (Å²) in [5, 5.41) is 7.09. The monoisotopic (exact) mass is 468 g/mol. The van der Waals surface area contributed by atoms with Crippen LogP contribution in [0, 0.1) is 5.92 Å². The minimum Gasteiger partial charge on any atom is -0.317 e. The van der Waals surface area contributed by atoms with Crippen molar-refractivity contribution in [2.45, 2.75) is 19.3 Å². The van der Waals surface area contributed by atoms with E-state index >= 15 is 0 Å². The quantitative estimate of drug-likeness (QED) is 0.523. The SMILES string of the molecule is O=S(=O)(CC=Cc1scc(Cl)c1Cl)n1cc(CC2CCNCC2)c2ccccc21. The van der Waals surface area contributed by atoms with Crippen LogP contribution < -0.4 is 5.32 Å². The van der Waals surface area contributed by atoms with Gasteiger partial charge in [0.1, 0.15) is 0 Å². The standard InChI is InChI=1S/C21H22Cl2N2O2S2/c22-18-14-28-20(21(18)23)6-3-11-29(26,27)25-13-16(12-15-7-9-24-10-8-15)17-4-1-2-5-19(17)25/h1-6,13-15,24H,7-12H2. The molecule has 1 fully saturated rings. The Morgan fingerprint density at radius 2 is 1.97 bits per heavy atom. The molecule has 0 aliphatic carbocycles. The molecule has 1 aromatic carbocycles. The fourth-order valence-electron chi connectivity index (χ4n) is 3.81. The lowest BCUT2D eigenvalue weighted by Gasteiger charge is -2.22. The minimum absolute atomic E-state index is 0.107. The molecule has 3 aromatic rings. The van der Waals surface area contributed by atoms with E-state index in [4.69, 9.17) is 23.2 Å². The van der Waals surface area contributed by atoms with Gasteiger partial charge >= 0.3 is 0 Å². The Morgan fingerprint density at radius 1 is 1.21 bits per heavy atom. The number of hydrogen-bond acceptors (Lipinski definition) is 4. The summed E-state index contributed by atoms with van der Waals surface area (Å²) in [5.41, 5.74) is 1.84. The molecular weight excluding hydrogens is 447 g/mol. The number of nitrogens with one attached hydrogen (secondary N) is 1. The highest BCUT2D eigenvalue weighted by Crippen LogP contribution is 2.33. The molecule has 8 heteroatoms. The fourth-order valence-corrected chi connectivity index (χ4v) is 6.40. The van der Waals surface area contributed by atoms with Gasteiger partial charge in [-0.1, -0.05) is 47.5 Å².